The van der Waals surface area contributed by atoms with Crippen LogP contribution in [-0.4, -0.2) is 13.7 Å². The van der Waals surface area contributed by atoms with Gasteiger partial charge in [-0.05, 0) is 43.0 Å². The fraction of sp³-hybridized carbons (Fsp3) is 0.667. The largest absolute Gasteiger partial charge is 0.496 e. The highest BCUT2D eigenvalue weighted by Crippen LogP contribution is 2.33. The van der Waals surface area contributed by atoms with Crippen LogP contribution in [0.4, 0.5) is 0 Å². The average Bonchev–Trinajstić information content (AvgIpc) is 2.48. The van der Waals surface area contributed by atoms with Crippen molar-refractivity contribution in [2.75, 3.05) is 13.7 Å². The molecule has 1 atom stereocenters. The van der Waals surface area contributed by atoms with Crippen LogP contribution in [0.15, 0.2) is 18.2 Å². The molecule has 0 amide bonds. The van der Waals surface area contributed by atoms with Gasteiger partial charge in [-0.3, -0.25) is 0 Å². The van der Waals surface area contributed by atoms with Crippen molar-refractivity contribution in [2.45, 2.75) is 58.4 Å². The van der Waals surface area contributed by atoms with Crippen molar-refractivity contribution < 1.29 is 4.74 Å². The zero-order valence-corrected chi connectivity index (χ0v) is 13.2. The van der Waals surface area contributed by atoms with Crippen LogP contribution in [0.3, 0.4) is 0 Å². The average molecular weight is 275 g/mol. The Kier molecular flexibility index (Phi) is 5.90. The topological polar surface area (TPSA) is 21.3 Å². The van der Waals surface area contributed by atoms with E-state index in [-0.39, 0.29) is 0 Å². The summed E-state index contributed by atoms with van der Waals surface area (Å²) in [5.74, 6) is 1.89. The summed E-state index contributed by atoms with van der Waals surface area (Å²) in [7, 11) is 1.74. The smallest absolute Gasteiger partial charge is 0.121 e. The number of methoxy groups -OCH3 is 1. The van der Waals surface area contributed by atoms with Gasteiger partial charge in [-0.25, -0.2) is 0 Å². The van der Waals surface area contributed by atoms with Crippen molar-refractivity contribution in [1.29, 1.82) is 0 Å². The highest BCUT2D eigenvalue weighted by atomic mass is 16.5. The maximum atomic E-state index is 5.37. The number of ether oxygens (including phenoxy) is 1. The fourth-order valence-corrected chi connectivity index (χ4v) is 3.46. The molecule has 0 aromatic heterocycles. The second-order valence-corrected chi connectivity index (χ2v) is 6.08. The first-order valence-corrected chi connectivity index (χ1v) is 8.12. The summed E-state index contributed by atoms with van der Waals surface area (Å²) in [6.07, 6.45) is 8.38. The molecule has 2 nitrogen and oxygen atoms in total. The van der Waals surface area contributed by atoms with Gasteiger partial charge in [0.15, 0.2) is 0 Å². The molecule has 1 aliphatic rings. The van der Waals surface area contributed by atoms with E-state index in [1.54, 1.807) is 7.11 Å². The predicted molar refractivity (Wildman–Crippen MR) is 85.3 cm³/mol. The lowest BCUT2D eigenvalue weighted by atomic mass is 9.83. The van der Waals surface area contributed by atoms with Crippen molar-refractivity contribution in [3.05, 3.63) is 29.3 Å². The third-order valence-corrected chi connectivity index (χ3v) is 4.57. The lowest BCUT2D eigenvalue weighted by molar-refractivity contribution is 0.301. The minimum absolute atomic E-state index is 0.493. The Labute approximate surface area is 123 Å². The SMILES string of the molecule is CCNC(CC1CCCCC1)c1ccc(OC)c(C)c1. The van der Waals surface area contributed by atoms with E-state index in [0.29, 0.717) is 6.04 Å². The molecule has 1 aromatic rings. The predicted octanol–water partition coefficient (Wildman–Crippen LogP) is 4.62. The minimum Gasteiger partial charge on any atom is -0.496 e. The Morgan fingerprint density at radius 3 is 2.60 bits per heavy atom. The molecule has 1 saturated carbocycles. The van der Waals surface area contributed by atoms with Gasteiger partial charge in [0.25, 0.3) is 0 Å². The second-order valence-electron chi connectivity index (χ2n) is 6.08. The molecule has 112 valence electrons. The molecule has 1 N–H and O–H groups in total. The van der Waals surface area contributed by atoms with Gasteiger partial charge in [-0.1, -0.05) is 51.2 Å². The zero-order valence-electron chi connectivity index (χ0n) is 13.2. The maximum Gasteiger partial charge on any atom is 0.121 e. The third-order valence-electron chi connectivity index (χ3n) is 4.57. The molecule has 1 aromatic carbocycles. The highest BCUT2D eigenvalue weighted by molar-refractivity contribution is 5.37. The molecule has 0 bridgehead atoms. The number of nitrogens with one attached hydrogen (secondary N) is 1. The Balaban J connectivity index is 2.08. The number of aryl methyl sites for hydroxylation is 1. The summed E-state index contributed by atoms with van der Waals surface area (Å²) in [6, 6.07) is 7.11. The molecule has 0 aliphatic heterocycles. The van der Waals surface area contributed by atoms with E-state index in [4.69, 9.17) is 4.74 Å². The van der Waals surface area contributed by atoms with E-state index in [0.717, 1.165) is 18.2 Å². The molecule has 20 heavy (non-hydrogen) atoms. The normalized spacial score (nSPS) is 17.9. The highest BCUT2D eigenvalue weighted by Gasteiger charge is 2.20. The molecular weight excluding hydrogens is 246 g/mol. The summed E-state index contributed by atoms with van der Waals surface area (Å²) in [4.78, 5) is 0. The molecule has 1 aliphatic carbocycles. The first kappa shape index (κ1) is 15.4. The summed E-state index contributed by atoms with van der Waals surface area (Å²) in [5.41, 5.74) is 2.65. The van der Waals surface area contributed by atoms with Crippen LogP contribution in [0.2, 0.25) is 0 Å². The summed E-state index contributed by atoms with van der Waals surface area (Å²) in [5, 5.41) is 3.67. The van der Waals surface area contributed by atoms with Crippen LogP contribution in [0.25, 0.3) is 0 Å². The number of rotatable bonds is 6. The lowest BCUT2D eigenvalue weighted by Gasteiger charge is -2.27. The number of benzene rings is 1. The van der Waals surface area contributed by atoms with Gasteiger partial charge in [-0.2, -0.15) is 0 Å². The maximum absolute atomic E-state index is 5.37. The van der Waals surface area contributed by atoms with E-state index >= 15 is 0 Å². The first-order chi connectivity index (χ1) is 9.74. The molecule has 0 radical (unpaired) electrons. The molecule has 1 unspecified atom stereocenters. The summed E-state index contributed by atoms with van der Waals surface area (Å²) < 4.78 is 5.37. The Morgan fingerprint density at radius 2 is 2.00 bits per heavy atom. The van der Waals surface area contributed by atoms with Crippen LogP contribution in [0, 0.1) is 12.8 Å². The van der Waals surface area contributed by atoms with Crippen LogP contribution < -0.4 is 10.1 Å². The molecule has 0 spiro atoms. The first-order valence-electron chi connectivity index (χ1n) is 8.12. The molecule has 1 fully saturated rings. The van der Waals surface area contributed by atoms with E-state index in [2.05, 4.69) is 37.4 Å². The Bertz CT molecular complexity index is 410. The molecule has 2 heteroatoms. The lowest BCUT2D eigenvalue weighted by Crippen LogP contribution is -2.24. The van der Waals surface area contributed by atoms with Gasteiger partial charge in [0.05, 0.1) is 7.11 Å². The van der Waals surface area contributed by atoms with Crippen LogP contribution in [0.1, 0.15) is 62.6 Å². The fourth-order valence-electron chi connectivity index (χ4n) is 3.46. The molecule has 0 saturated heterocycles. The van der Waals surface area contributed by atoms with Crippen molar-refractivity contribution >= 4 is 0 Å². The van der Waals surface area contributed by atoms with Gasteiger partial charge in [0, 0.05) is 6.04 Å². The molecule has 2 rings (SSSR count). The van der Waals surface area contributed by atoms with Crippen LogP contribution in [0.5, 0.6) is 5.75 Å². The third kappa shape index (κ3) is 3.99. The van der Waals surface area contributed by atoms with Crippen molar-refractivity contribution in [1.82, 2.24) is 5.32 Å². The van der Waals surface area contributed by atoms with Gasteiger partial charge >= 0.3 is 0 Å². The molecule has 0 heterocycles. The standard InChI is InChI=1S/C18H29NO/c1-4-19-17(13-15-8-6-5-7-9-15)16-10-11-18(20-3)14(2)12-16/h10-12,15,17,19H,4-9,13H2,1-3H3. The van der Waals surface area contributed by atoms with Crippen molar-refractivity contribution in [3.8, 4) is 5.75 Å². The van der Waals surface area contributed by atoms with E-state index in [1.807, 2.05) is 0 Å². The van der Waals surface area contributed by atoms with Gasteiger partial charge < -0.3 is 10.1 Å². The molecular formula is C18H29NO. The van der Waals surface area contributed by atoms with Crippen molar-refractivity contribution in [3.63, 3.8) is 0 Å². The monoisotopic (exact) mass is 275 g/mol. The second kappa shape index (κ2) is 7.68. The van der Waals surface area contributed by atoms with Gasteiger partial charge in [0.1, 0.15) is 5.75 Å². The minimum atomic E-state index is 0.493. The van der Waals surface area contributed by atoms with E-state index in [9.17, 15) is 0 Å². The number of hydrogen-bond acceptors (Lipinski definition) is 2. The van der Waals surface area contributed by atoms with Gasteiger partial charge in [0.2, 0.25) is 0 Å². The van der Waals surface area contributed by atoms with E-state index in [1.165, 1.54) is 49.7 Å². The van der Waals surface area contributed by atoms with Crippen LogP contribution >= 0.6 is 0 Å². The zero-order chi connectivity index (χ0) is 14.4. The van der Waals surface area contributed by atoms with Crippen LogP contribution in [-0.2, 0) is 0 Å². The Morgan fingerprint density at radius 1 is 1.25 bits per heavy atom. The van der Waals surface area contributed by atoms with E-state index < -0.39 is 0 Å². The van der Waals surface area contributed by atoms with Gasteiger partial charge in [-0.15, -0.1) is 0 Å². The number of hydrogen-bond donors (Lipinski definition) is 1. The summed E-state index contributed by atoms with van der Waals surface area (Å²) >= 11 is 0. The Hall–Kier alpha value is -1.02. The quantitative estimate of drug-likeness (QED) is 0.817. The summed E-state index contributed by atoms with van der Waals surface area (Å²) in [6.45, 7) is 5.36. The van der Waals surface area contributed by atoms with Crippen molar-refractivity contribution in [2.24, 2.45) is 5.92 Å².